The number of H-pyrrole nitrogens is 1. The maximum Gasteiger partial charge on any atom is 0.265 e. The number of imidazole rings is 2. The van der Waals surface area contributed by atoms with E-state index in [9.17, 15) is 17.6 Å². The van der Waals surface area contributed by atoms with Crippen LogP contribution in [0.25, 0.3) is 33.2 Å². The van der Waals surface area contributed by atoms with Gasteiger partial charge in [0.1, 0.15) is 30.3 Å². The standard InChI is InChI=1S/C28H33FN6O5S/c1-34-17(8-10-24(34)40-41(2,37)38)13-39-23-12-18(26-27(32-14-31-26)25(23)28(30)36)16-7-9-22-20(11-16)33-15-35(22)21-6-4-3-5-19(21)29/h7,9,11-12,14-15,17,19,21,24H,3-6,8,10,13H2,1-2H3,(H2,30,36)(H,31,32)/t17-,19-,21-,24?/m1/s1. The van der Waals surface area contributed by atoms with E-state index in [2.05, 4.69) is 15.0 Å². The third kappa shape index (κ3) is 5.29. The number of ether oxygens (including phenoxy) is 1. The zero-order chi connectivity index (χ0) is 28.9. The Labute approximate surface area is 237 Å². The number of primary amides is 1. The van der Waals surface area contributed by atoms with Crippen LogP contribution in [-0.2, 0) is 14.3 Å². The van der Waals surface area contributed by atoms with Crippen molar-refractivity contribution >= 4 is 38.1 Å². The van der Waals surface area contributed by atoms with Crippen molar-refractivity contribution in [2.75, 3.05) is 19.9 Å². The smallest absolute Gasteiger partial charge is 0.265 e. The molecule has 0 radical (unpaired) electrons. The molecular weight excluding hydrogens is 551 g/mol. The summed E-state index contributed by atoms with van der Waals surface area (Å²) in [5, 5.41) is 0. The number of aromatic nitrogens is 4. The fourth-order valence-electron chi connectivity index (χ4n) is 6.19. The lowest BCUT2D eigenvalue weighted by Gasteiger charge is -2.27. The second-order valence-corrected chi connectivity index (χ2v) is 12.6. The number of rotatable bonds is 8. The Morgan fingerprint density at radius 3 is 2.73 bits per heavy atom. The van der Waals surface area contributed by atoms with Crippen LogP contribution < -0.4 is 10.5 Å². The molecule has 1 aliphatic carbocycles. The number of hydrogen-bond acceptors (Lipinski definition) is 8. The number of likely N-dealkylation sites (tertiary alicyclic amines) is 1. The molecule has 13 heteroatoms. The molecule has 3 N–H and O–H groups in total. The zero-order valence-corrected chi connectivity index (χ0v) is 23.7. The molecule has 2 fully saturated rings. The minimum Gasteiger partial charge on any atom is -0.491 e. The van der Waals surface area contributed by atoms with Gasteiger partial charge in [0.2, 0.25) is 0 Å². The predicted octanol–water partition coefficient (Wildman–Crippen LogP) is 3.91. The molecule has 1 unspecified atom stereocenters. The van der Waals surface area contributed by atoms with Crippen molar-refractivity contribution in [3.05, 3.63) is 42.5 Å². The van der Waals surface area contributed by atoms with Crippen molar-refractivity contribution in [2.45, 2.75) is 63.0 Å². The van der Waals surface area contributed by atoms with Crippen LogP contribution in [-0.4, -0.2) is 77.1 Å². The number of carbonyl (C=O) groups excluding carboxylic acids is 1. The first kappa shape index (κ1) is 27.6. The van der Waals surface area contributed by atoms with E-state index in [4.69, 9.17) is 14.7 Å². The Balaban J connectivity index is 1.33. The maximum absolute atomic E-state index is 14.7. The molecule has 1 amide bonds. The molecule has 1 saturated heterocycles. The Morgan fingerprint density at radius 1 is 1.17 bits per heavy atom. The zero-order valence-electron chi connectivity index (χ0n) is 22.9. The molecule has 2 aromatic heterocycles. The van der Waals surface area contributed by atoms with Crippen LogP contribution in [0.1, 0.15) is 54.9 Å². The number of nitrogens with two attached hydrogens (primary N) is 1. The highest BCUT2D eigenvalue weighted by molar-refractivity contribution is 7.86. The van der Waals surface area contributed by atoms with Crippen LogP contribution >= 0.6 is 0 Å². The number of carbonyl (C=O) groups is 1. The number of nitrogens with one attached hydrogen (secondary N) is 1. The van der Waals surface area contributed by atoms with Crippen LogP contribution in [0.2, 0.25) is 0 Å². The number of halogens is 1. The number of aromatic amines is 1. The second kappa shape index (κ2) is 10.7. The molecule has 0 spiro atoms. The van der Waals surface area contributed by atoms with E-state index in [0.717, 1.165) is 47.7 Å². The van der Waals surface area contributed by atoms with E-state index in [1.54, 1.807) is 19.4 Å². The normalized spacial score (nSPS) is 23.9. The number of alkyl halides is 1. The topological polar surface area (TPSA) is 145 Å². The molecule has 4 aromatic rings. The van der Waals surface area contributed by atoms with Crippen molar-refractivity contribution in [2.24, 2.45) is 5.73 Å². The lowest BCUT2D eigenvalue weighted by Crippen LogP contribution is -2.38. The van der Waals surface area contributed by atoms with Crippen molar-refractivity contribution in [3.8, 4) is 16.9 Å². The number of nitrogens with zero attached hydrogens (tertiary/aromatic N) is 4. The van der Waals surface area contributed by atoms with Gasteiger partial charge in [0.25, 0.3) is 16.0 Å². The van der Waals surface area contributed by atoms with Crippen molar-refractivity contribution in [3.63, 3.8) is 0 Å². The molecular formula is C28H33FN6O5S. The molecule has 4 atom stereocenters. The maximum atomic E-state index is 14.7. The molecule has 41 heavy (non-hydrogen) atoms. The minimum absolute atomic E-state index is 0.136. The van der Waals surface area contributed by atoms with E-state index in [1.807, 2.05) is 27.7 Å². The summed E-state index contributed by atoms with van der Waals surface area (Å²) in [5.74, 6) is -0.375. The average molecular weight is 585 g/mol. The monoisotopic (exact) mass is 584 g/mol. The summed E-state index contributed by atoms with van der Waals surface area (Å²) in [5.41, 5.74) is 10.1. The molecule has 2 aromatic carbocycles. The quantitative estimate of drug-likeness (QED) is 0.297. The highest BCUT2D eigenvalue weighted by atomic mass is 32.2. The lowest BCUT2D eigenvalue weighted by molar-refractivity contribution is 0.0526. The van der Waals surface area contributed by atoms with Gasteiger partial charge in [-0.1, -0.05) is 18.9 Å². The fraction of sp³-hybridized carbons (Fsp3) is 0.464. The molecule has 11 nitrogen and oxygen atoms in total. The Kier molecular flexibility index (Phi) is 7.20. The van der Waals surface area contributed by atoms with Gasteiger partial charge >= 0.3 is 0 Å². The second-order valence-electron chi connectivity index (χ2n) is 11.0. The summed E-state index contributed by atoms with van der Waals surface area (Å²) >= 11 is 0. The molecule has 1 saturated carbocycles. The number of amides is 1. The Hall–Kier alpha value is -3.55. The summed E-state index contributed by atoms with van der Waals surface area (Å²) in [4.78, 5) is 26.5. The van der Waals surface area contributed by atoms with Gasteiger partial charge in [-0.05, 0) is 56.5 Å². The Morgan fingerprint density at radius 2 is 1.98 bits per heavy atom. The number of likely N-dealkylation sites (N-methyl/N-ethyl adjacent to an activating group) is 1. The molecule has 3 heterocycles. The molecule has 1 aliphatic heterocycles. The van der Waals surface area contributed by atoms with Gasteiger partial charge in [-0.25, -0.2) is 14.4 Å². The highest BCUT2D eigenvalue weighted by Gasteiger charge is 2.34. The Bertz CT molecular complexity index is 1720. The molecule has 6 rings (SSSR count). The molecule has 0 bridgehead atoms. The van der Waals surface area contributed by atoms with Crippen molar-refractivity contribution in [1.29, 1.82) is 0 Å². The first-order valence-electron chi connectivity index (χ1n) is 13.7. The van der Waals surface area contributed by atoms with E-state index in [0.29, 0.717) is 36.0 Å². The summed E-state index contributed by atoms with van der Waals surface area (Å²) in [6.07, 6.45) is 7.22. The van der Waals surface area contributed by atoms with Crippen LogP contribution in [0, 0.1) is 0 Å². The van der Waals surface area contributed by atoms with Gasteiger partial charge in [0.05, 0.1) is 47.0 Å². The SMILES string of the molecule is CN1C(OS(C)(=O)=O)CC[C@@H]1COc1cc(-c2ccc3c(c2)ncn3[C@@H]2CCCC[C@H]2F)c2nc[nH]c2c1C(N)=O. The lowest BCUT2D eigenvalue weighted by atomic mass is 9.93. The van der Waals surface area contributed by atoms with E-state index in [1.165, 1.54) is 6.33 Å². The number of fused-ring (bicyclic) bond motifs is 2. The third-order valence-corrected chi connectivity index (χ3v) is 8.87. The van der Waals surface area contributed by atoms with Gasteiger partial charge in [-0.2, -0.15) is 8.42 Å². The van der Waals surface area contributed by atoms with Crippen LogP contribution in [0.4, 0.5) is 4.39 Å². The third-order valence-electron chi connectivity index (χ3n) is 8.30. The van der Waals surface area contributed by atoms with E-state index in [-0.39, 0.29) is 24.3 Å². The predicted molar refractivity (Wildman–Crippen MR) is 152 cm³/mol. The van der Waals surface area contributed by atoms with Crippen LogP contribution in [0.3, 0.4) is 0 Å². The summed E-state index contributed by atoms with van der Waals surface area (Å²) in [6, 6.07) is 7.20. The van der Waals surface area contributed by atoms with Crippen molar-refractivity contribution in [1.82, 2.24) is 24.4 Å². The van der Waals surface area contributed by atoms with Gasteiger partial charge in [0.15, 0.2) is 0 Å². The fourth-order valence-corrected chi connectivity index (χ4v) is 6.82. The van der Waals surface area contributed by atoms with E-state index < -0.39 is 28.4 Å². The van der Waals surface area contributed by atoms with Crippen LogP contribution in [0.15, 0.2) is 36.9 Å². The van der Waals surface area contributed by atoms with Crippen LogP contribution in [0.5, 0.6) is 5.75 Å². The van der Waals surface area contributed by atoms with Gasteiger partial charge in [-0.3, -0.25) is 13.9 Å². The van der Waals surface area contributed by atoms with Gasteiger partial charge in [-0.15, -0.1) is 0 Å². The summed E-state index contributed by atoms with van der Waals surface area (Å²) in [7, 11) is -1.83. The first-order chi connectivity index (χ1) is 19.6. The highest BCUT2D eigenvalue weighted by Crippen LogP contribution is 2.38. The largest absolute Gasteiger partial charge is 0.491 e. The summed E-state index contributed by atoms with van der Waals surface area (Å²) in [6.45, 7) is 0.189. The van der Waals surface area contributed by atoms with E-state index >= 15 is 0 Å². The number of hydrogen-bond donors (Lipinski definition) is 2. The molecule has 218 valence electrons. The minimum atomic E-state index is -3.61. The average Bonchev–Trinajstić information content (AvgIpc) is 3.65. The summed E-state index contributed by atoms with van der Waals surface area (Å²) < 4.78 is 51.3. The first-order valence-corrected chi connectivity index (χ1v) is 15.6. The van der Waals surface area contributed by atoms with Crippen molar-refractivity contribution < 1.29 is 26.5 Å². The number of benzene rings is 2. The van der Waals surface area contributed by atoms with Gasteiger partial charge in [0, 0.05) is 11.6 Å². The van der Waals surface area contributed by atoms with Gasteiger partial charge < -0.3 is 20.0 Å². The molecule has 2 aliphatic rings.